The molecule has 0 aliphatic heterocycles. The summed E-state index contributed by atoms with van der Waals surface area (Å²) in [6.45, 7) is -0.287. The van der Waals surface area contributed by atoms with Crippen molar-refractivity contribution in [3.05, 3.63) is 59.7 Å². The van der Waals surface area contributed by atoms with Gasteiger partial charge in [-0.25, -0.2) is 17.2 Å². The highest BCUT2D eigenvalue weighted by molar-refractivity contribution is 7.92. The number of methoxy groups -OCH3 is 1. The van der Waals surface area contributed by atoms with Gasteiger partial charge in [0, 0.05) is 12.6 Å². The van der Waals surface area contributed by atoms with Crippen LogP contribution in [-0.4, -0.2) is 40.8 Å². The molecule has 0 aromatic heterocycles. The number of benzene rings is 2. The summed E-state index contributed by atoms with van der Waals surface area (Å²) in [6.07, 6.45) is 1.37. The minimum Gasteiger partial charge on any atom is -0.496 e. The van der Waals surface area contributed by atoms with E-state index in [9.17, 15) is 22.0 Å². The predicted octanol–water partition coefficient (Wildman–Crippen LogP) is 2.10. The lowest BCUT2D eigenvalue weighted by Gasteiger charge is -2.22. The fourth-order valence-corrected chi connectivity index (χ4v) is 3.32. The van der Waals surface area contributed by atoms with Crippen molar-refractivity contribution in [3.63, 3.8) is 0 Å². The molecular weight excluding hydrogens is 378 g/mol. The summed E-state index contributed by atoms with van der Waals surface area (Å²) in [6, 6.07) is 9.96. The Hall–Kier alpha value is -2.68. The first-order valence-corrected chi connectivity index (χ1v) is 9.88. The maximum absolute atomic E-state index is 13.4. The quantitative estimate of drug-likeness (QED) is 0.739. The molecule has 2 aromatic rings. The standard InChI is InChI=1S/C18H20F2N2O4S/c1-26-17-6-4-3-5-13(17)9-10-21-18(23)12-22(27(2,24)25)14-7-8-15(19)16(20)11-14/h3-8,11H,9-10,12H2,1-2H3,(H,21,23). The van der Waals surface area contributed by atoms with Gasteiger partial charge < -0.3 is 10.1 Å². The maximum atomic E-state index is 13.4. The third kappa shape index (κ3) is 5.65. The second-order valence-electron chi connectivity index (χ2n) is 5.78. The monoisotopic (exact) mass is 398 g/mol. The van der Waals surface area contributed by atoms with Gasteiger partial charge in [-0.05, 0) is 30.2 Å². The number of anilines is 1. The van der Waals surface area contributed by atoms with Crippen LogP contribution in [0.5, 0.6) is 5.75 Å². The van der Waals surface area contributed by atoms with Gasteiger partial charge in [-0.2, -0.15) is 0 Å². The molecule has 2 aromatic carbocycles. The number of rotatable bonds is 8. The predicted molar refractivity (Wildman–Crippen MR) is 98.3 cm³/mol. The van der Waals surface area contributed by atoms with Gasteiger partial charge in [0.2, 0.25) is 15.9 Å². The molecule has 146 valence electrons. The van der Waals surface area contributed by atoms with Gasteiger partial charge in [-0.3, -0.25) is 9.10 Å². The Balaban J connectivity index is 2.03. The molecule has 0 saturated carbocycles. The highest BCUT2D eigenvalue weighted by Gasteiger charge is 2.22. The summed E-state index contributed by atoms with van der Waals surface area (Å²) in [5.74, 6) is -2.18. The van der Waals surface area contributed by atoms with Crippen LogP contribution >= 0.6 is 0 Å². The molecule has 0 unspecified atom stereocenters. The number of hydrogen-bond acceptors (Lipinski definition) is 4. The van der Waals surface area contributed by atoms with Gasteiger partial charge in [0.25, 0.3) is 0 Å². The zero-order valence-electron chi connectivity index (χ0n) is 14.9. The lowest BCUT2D eigenvalue weighted by molar-refractivity contribution is -0.119. The maximum Gasteiger partial charge on any atom is 0.240 e. The molecule has 27 heavy (non-hydrogen) atoms. The second kappa shape index (κ2) is 8.81. The van der Waals surface area contributed by atoms with Crippen LogP contribution in [-0.2, 0) is 21.2 Å². The second-order valence-corrected chi connectivity index (χ2v) is 7.69. The van der Waals surface area contributed by atoms with Gasteiger partial charge in [0.05, 0.1) is 19.1 Å². The number of carbonyl (C=O) groups is 1. The van der Waals surface area contributed by atoms with E-state index >= 15 is 0 Å². The van der Waals surface area contributed by atoms with E-state index in [0.29, 0.717) is 16.5 Å². The Morgan fingerprint density at radius 3 is 2.48 bits per heavy atom. The van der Waals surface area contributed by atoms with Crippen LogP contribution in [0, 0.1) is 11.6 Å². The molecule has 0 fully saturated rings. The largest absolute Gasteiger partial charge is 0.496 e. The molecule has 6 nitrogen and oxygen atoms in total. The van der Waals surface area contributed by atoms with E-state index in [1.807, 2.05) is 18.2 Å². The van der Waals surface area contributed by atoms with E-state index in [1.54, 1.807) is 13.2 Å². The van der Waals surface area contributed by atoms with Crippen LogP contribution in [0.1, 0.15) is 5.56 Å². The van der Waals surface area contributed by atoms with Crippen molar-refractivity contribution >= 4 is 21.6 Å². The Bertz CT molecular complexity index is 919. The van der Waals surface area contributed by atoms with E-state index < -0.39 is 34.1 Å². The molecule has 0 atom stereocenters. The molecule has 0 radical (unpaired) electrons. The number of amides is 1. The Morgan fingerprint density at radius 2 is 1.85 bits per heavy atom. The minimum absolute atomic E-state index is 0.128. The van der Waals surface area contributed by atoms with Crippen LogP contribution < -0.4 is 14.4 Å². The average molecular weight is 398 g/mol. The first kappa shape index (κ1) is 20.6. The molecule has 0 heterocycles. The Labute approximate surface area is 156 Å². The van der Waals surface area contributed by atoms with Crippen LogP contribution in [0.4, 0.5) is 14.5 Å². The van der Waals surface area contributed by atoms with Crippen molar-refractivity contribution in [1.29, 1.82) is 0 Å². The summed E-state index contributed by atoms with van der Waals surface area (Å²) >= 11 is 0. The average Bonchev–Trinajstić information content (AvgIpc) is 2.61. The minimum atomic E-state index is -3.87. The summed E-state index contributed by atoms with van der Waals surface area (Å²) in [5, 5.41) is 2.61. The molecule has 0 aliphatic carbocycles. The molecule has 0 aliphatic rings. The molecule has 2 rings (SSSR count). The molecule has 9 heteroatoms. The van der Waals surface area contributed by atoms with E-state index in [2.05, 4.69) is 5.32 Å². The molecular formula is C18H20F2N2O4S. The highest BCUT2D eigenvalue weighted by Crippen LogP contribution is 2.20. The van der Waals surface area contributed by atoms with E-state index in [4.69, 9.17) is 4.74 Å². The SMILES string of the molecule is COc1ccccc1CCNC(=O)CN(c1ccc(F)c(F)c1)S(C)(=O)=O. The van der Waals surface area contributed by atoms with Crippen LogP contribution in [0.3, 0.4) is 0 Å². The van der Waals surface area contributed by atoms with Gasteiger partial charge >= 0.3 is 0 Å². The van der Waals surface area contributed by atoms with Crippen molar-refractivity contribution in [1.82, 2.24) is 5.32 Å². The zero-order chi connectivity index (χ0) is 20.0. The van der Waals surface area contributed by atoms with Crippen molar-refractivity contribution in [2.45, 2.75) is 6.42 Å². The third-order valence-electron chi connectivity index (χ3n) is 3.79. The number of nitrogens with one attached hydrogen (secondary N) is 1. The third-order valence-corrected chi connectivity index (χ3v) is 4.93. The summed E-state index contributed by atoms with van der Waals surface area (Å²) in [4.78, 5) is 12.2. The van der Waals surface area contributed by atoms with Crippen LogP contribution in [0.25, 0.3) is 0 Å². The summed E-state index contributed by atoms with van der Waals surface area (Å²) in [5.41, 5.74) is 0.761. The van der Waals surface area contributed by atoms with Gasteiger partial charge in [0.15, 0.2) is 11.6 Å². The number of ether oxygens (including phenoxy) is 1. The molecule has 1 N–H and O–H groups in total. The van der Waals surface area contributed by atoms with Gasteiger partial charge in [-0.1, -0.05) is 18.2 Å². The molecule has 1 amide bonds. The van der Waals surface area contributed by atoms with Gasteiger partial charge in [0.1, 0.15) is 12.3 Å². The normalized spacial score (nSPS) is 11.1. The Morgan fingerprint density at radius 1 is 1.15 bits per heavy atom. The lowest BCUT2D eigenvalue weighted by Crippen LogP contribution is -2.41. The van der Waals surface area contributed by atoms with Gasteiger partial charge in [-0.15, -0.1) is 0 Å². The van der Waals surface area contributed by atoms with Crippen molar-refractivity contribution in [2.24, 2.45) is 0 Å². The smallest absolute Gasteiger partial charge is 0.240 e. The number of carbonyl (C=O) groups excluding carboxylic acids is 1. The zero-order valence-corrected chi connectivity index (χ0v) is 15.7. The van der Waals surface area contributed by atoms with Crippen molar-refractivity contribution < 1.29 is 26.7 Å². The van der Waals surface area contributed by atoms with Crippen molar-refractivity contribution in [2.75, 3.05) is 30.8 Å². The van der Waals surface area contributed by atoms with E-state index in [0.717, 1.165) is 30.0 Å². The van der Waals surface area contributed by atoms with Crippen LogP contribution in [0.2, 0.25) is 0 Å². The first-order chi connectivity index (χ1) is 12.7. The molecule has 0 spiro atoms. The number of nitrogens with zero attached hydrogens (tertiary/aromatic N) is 1. The highest BCUT2D eigenvalue weighted by atomic mass is 32.2. The molecule has 0 saturated heterocycles. The number of sulfonamides is 1. The fourth-order valence-electron chi connectivity index (χ4n) is 2.47. The van der Waals surface area contributed by atoms with Crippen molar-refractivity contribution in [3.8, 4) is 5.75 Å². The van der Waals surface area contributed by atoms with Crippen LogP contribution in [0.15, 0.2) is 42.5 Å². The molecule has 0 bridgehead atoms. The number of hydrogen-bond donors (Lipinski definition) is 1. The summed E-state index contributed by atoms with van der Waals surface area (Å²) < 4.78 is 56.3. The lowest BCUT2D eigenvalue weighted by atomic mass is 10.1. The number of para-hydroxylation sites is 1. The summed E-state index contributed by atoms with van der Waals surface area (Å²) in [7, 11) is -2.32. The fraction of sp³-hybridized carbons (Fsp3) is 0.278. The van der Waals surface area contributed by atoms with E-state index in [1.165, 1.54) is 0 Å². The van der Waals surface area contributed by atoms with E-state index in [-0.39, 0.29) is 12.2 Å². The number of halogens is 2. The topological polar surface area (TPSA) is 75.7 Å². The Kier molecular flexibility index (Phi) is 6.73. The first-order valence-electron chi connectivity index (χ1n) is 8.03.